The van der Waals surface area contributed by atoms with Crippen LogP contribution in [0.5, 0.6) is 0 Å². The highest BCUT2D eigenvalue weighted by molar-refractivity contribution is 6.05. The molecule has 1 rings (SSSR count). The van der Waals surface area contributed by atoms with Gasteiger partial charge in [-0.2, -0.15) is 0 Å². The highest BCUT2D eigenvalue weighted by Crippen LogP contribution is 2.38. The fourth-order valence-electron chi connectivity index (χ4n) is 2.14. The third kappa shape index (κ3) is 2.47. The molecule has 1 heteroatoms. The molecular formula is C14H20O. The first kappa shape index (κ1) is 12.0. The average Bonchev–Trinajstić information content (AvgIpc) is 2.16. The van der Waals surface area contributed by atoms with Gasteiger partial charge in [0, 0.05) is 5.57 Å². The van der Waals surface area contributed by atoms with E-state index in [-0.39, 0.29) is 11.2 Å². The molecule has 0 amide bonds. The topological polar surface area (TPSA) is 17.1 Å². The highest BCUT2D eigenvalue weighted by Gasteiger charge is 2.30. The van der Waals surface area contributed by atoms with E-state index in [1.54, 1.807) is 6.08 Å². The maximum atomic E-state index is 12.0. The molecule has 0 radical (unpaired) electrons. The Morgan fingerprint density at radius 3 is 2.73 bits per heavy atom. The first-order valence-electron chi connectivity index (χ1n) is 5.60. The SMILES string of the molecule is CC=CC(=O)C1=C(CC)C=CCC1(C)C. The van der Waals surface area contributed by atoms with Crippen molar-refractivity contribution in [3.63, 3.8) is 0 Å². The minimum absolute atomic E-state index is 0.0172. The molecule has 0 aromatic rings. The Kier molecular flexibility index (Phi) is 3.67. The van der Waals surface area contributed by atoms with Crippen molar-refractivity contribution in [2.24, 2.45) is 5.41 Å². The van der Waals surface area contributed by atoms with E-state index in [9.17, 15) is 4.79 Å². The van der Waals surface area contributed by atoms with E-state index in [4.69, 9.17) is 0 Å². The van der Waals surface area contributed by atoms with Crippen LogP contribution in [0.3, 0.4) is 0 Å². The van der Waals surface area contributed by atoms with Crippen molar-refractivity contribution in [1.29, 1.82) is 0 Å². The quantitative estimate of drug-likeness (QED) is 0.639. The predicted molar refractivity (Wildman–Crippen MR) is 64.7 cm³/mol. The molecule has 0 aliphatic heterocycles. The molecule has 0 heterocycles. The largest absolute Gasteiger partial charge is 0.290 e. The van der Waals surface area contributed by atoms with Crippen molar-refractivity contribution in [3.8, 4) is 0 Å². The molecule has 0 saturated carbocycles. The summed E-state index contributed by atoms with van der Waals surface area (Å²) < 4.78 is 0. The molecule has 1 aliphatic rings. The minimum atomic E-state index is -0.0172. The van der Waals surface area contributed by atoms with Crippen molar-refractivity contribution in [3.05, 3.63) is 35.5 Å². The van der Waals surface area contributed by atoms with E-state index in [1.807, 2.05) is 13.0 Å². The summed E-state index contributed by atoms with van der Waals surface area (Å²) in [6.07, 6.45) is 9.64. The Morgan fingerprint density at radius 1 is 1.53 bits per heavy atom. The van der Waals surface area contributed by atoms with Crippen molar-refractivity contribution < 1.29 is 4.79 Å². The molecule has 0 aromatic carbocycles. The zero-order chi connectivity index (χ0) is 11.5. The molecule has 0 fully saturated rings. The van der Waals surface area contributed by atoms with Crippen LogP contribution in [-0.4, -0.2) is 5.78 Å². The molecule has 0 N–H and O–H groups in total. The maximum Gasteiger partial charge on any atom is 0.182 e. The standard InChI is InChI=1S/C14H20O/c1-5-8-12(15)13-11(6-2)9-7-10-14(13,3)4/h5,7-9H,6,10H2,1-4H3. The Hall–Kier alpha value is -1.11. The van der Waals surface area contributed by atoms with Gasteiger partial charge in [-0.15, -0.1) is 0 Å². The van der Waals surface area contributed by atoms with Crippen molar-refractivity contribution >= 4 is 5.78 Å². The van der Waals surface area contributed by atoms with Crippen molar-refractivity contribution in [2.75, 3.05) is 0 Å². The second-order valence-electron chi connectivity index (χ2n) is 4.61. The van der Waals surface area contributed by atoms with Crippen LogP contribution in [0, 0.1) is 5.41 Å². The molecule has 0 atom stereocenters. The van der Waals surface area contributed by atoms with Crippen LogP contribution >= 0.6 is 0 Å². The third-order valence-corrected chi connectivity index (χ3v) is 2.89. The summed E-state index contributed by atoms with van der Waals surface area (Å²) in [5.41, 5.74) is 2.16. The molecule has 0 unspecified atom stereocenters. The molecule has 0 saturated heterocycles. The molecule has 0 aromatic heterocycles. The summed E-state index contributed by atoms with van der Waals surface area (Å²) in [6.45, 7) is 8.27. The Labute approximate surface area is 92.6 Å². The summed E-state index contributed by atoms with van der Waals surface area (Å²) in [5, 5.41) is 0. The lowest BCUT2D eigenvalue weighted by Crippen LogP contribution is -2.23. The number of allylic oxidation sites excluding steroid dienone is 6. The number of hydrogen-bond acceptors (Lipinski definition) is 1. The van der Waals surface area contributed by atoms with E-state index in [0.29, 0.717) is 0 Å². The zero-order valence-electron chi connectivity index (χ0n) is 10.1. The van der Waals surface area contributed by atoms with Crippen LogP contribution in [0.1, 0.15) is 40.5 Å². The number of carbonyl (C=O) groups is 1. The van der Waals surface area contributed by atoms with Gasteiger partial charge >= 0.3 is 0 Å². The fraction of sp³-hybridized carbons (Fsp3) is 0.500. The number of ketones is 1. The maximum absolute atomic E-state index is 12.0. The van der Waals surface area contributed by atoms with Crippen LogP contribution in [0.4, 0.5) is 0 Å². The Morgan fingerprint density at radius 2 is 2.20 bits per heavy atom. The number of carbonyl (C=O) groups excluding carboxylic acids is 1. The lowest BCUT2D eigenvalue weighted by Gasteiger charge is -2.30. The molecule has 0 bridgehead atoms. The van der Waals surface area contributed by atoms with Crippen LogP contribution in [-0.2, 0) is 4.79 Å². The van der Waals surface area contributed by atoms with Crippen LogP contribution in [0.15, 0.2) is 35.5 Å². The van der Waals surface area contributed by atoms with Gasteiger partial charge in [0.05, 0.1) is 0 Å². The van der Waals surface area contributed by atoms with Gasteiger partial charge in [0.1, 0.15) is 0 Å². The van der Waals surface area contributed by atoms with Gasteiger partial charge in [0.25, 0.3) is 0 Å². The second kappa shape index (κ2) is 4.61. The molecule has 15 heavy (non-hydrogen) atoms. The van der Waals surface area contributed by atoms with Gasteiger partial charge < -0.3 is 0 Å². The number of hydrogen-bond donors (Lipinski definition) is 0. The summed E-state index contributed by atoms with van der Waals surface area (Å²) in [5.74, 6) is 0.170. The van der Waals surface area contributed by atoms with E-state index in [1.165, 1.54) is 5.57 Å². The summed E-state index contributed by atoms with van der Waals surface area (Å²) in [7, 11) is 0. The minimum Gasteiger partial charge on any atom is -0.290 e. The van der Waals surface area contributed by atoms with E-state index < -0.39 is 0 Å². The second-order valence-corrected chi connectivity index (χ2v) is 4.61. The van der Waals surface area contributed by atoms with E-state index in [2.05, 4.69) is 32.9 Å². The average molecular weight is 204 g/mol. The van der Waals surface area contributed by atoms with Gasteiger partial charge in [0.2, 0.25) is 0 Å². The predicted octanol–water partition coefficient (Wildman–Crippen LogP) is 3.82. The molecule has 1 nitrogen and oxygen atoms in total. The normalized spacial score (nSPS) is 20.0. The van der Waals surface area contributed by atoms with Gasteiger partial charge in [-0.05, 0) is 36.8 Å². The van der Waals surface area contributed by atoms with Gasteiger partial charge in [0.15, 0.2) is 5.78 Å². The van der Waals surface area contributed by atoms with Crippen molar-refractivity contribution in [2.45, 2.75) is 40.5 Å². The van der Waals surface area contributed by atoms with E-state index in [0.717, 1.165) is 18.4 Å². The molecule has 0 spiro atoms. The Balaban J connectivity index is 3.20. The fourth-order valence-corrected chi connectivity index (χ4v) is 2.14. The van der Waals surface area contributed by atoms with Gasteiger partial charge in [-0.1, -0.05) is 39.0 Å². The lowest BCUT2D eigenvalue weighted by molar-refractivity contribution is -0.112. The van der Waals surface area contributed by atoms with Crippen LogP contribution < -0.4 is 0 Å². The summed E-state index contributed by atoms with van der Waals surface area (Å²) in [6, 6.07) is 0. The molecule has 1 aliphatic carbocycles. The summed E-state index contributed by atoms with van der Waals surface area (Å²) in [4.78, 5) is 12.0. The van der Waals surface area contributed by atoms with Crippen molar-refractivity contribution in [1.82, 2.24) is 0 Å². The van der Waals surface area contributed by atoms with Crippen LogP contribution in [0.2, 0.25) is 0 Å². The first-order valence-corrected chi connectivity index (χ1v) is 5.60. The van der Waals surface area contributed by atoms with Gasteiger partial charge in [-0.3, -0.25) is 4.79 Å². The molecular weight excluding hydrogens is 184 g/mol. The monoisotopic (exact) mass is 204 g/mol. The third-order valence-electron chi connectivity index (χ3n) is 2.89. The highest BCUT2D eigenvalue weighted by atomic mass is 16.1. The Bertz CT molecular complexity index is 340. The molecule has 82 valence electrons. The first-order chi connectivity index (χ1) is 7.03. The number of rotatable bonds is 3. The van der Waals surface area contributed by atoms with E-state index >= 15 is 0 Å². The lowest BCUT2D eigenvalue weighted by atomic mass is 9.73. The van der Waals surface area contributed by atoms with Gasteiger partial charge in [-0.25, -0.2) is 0 Å². The van der Waals surface area contributed by atoms with Crippen LogP contribution in [0.25, 0.3) is 0 Å². The smallest absolute Gasteiger partial charge is 0.182 e. The zero-order valence-corrected chi connectivity index (χ0v) is 10.1. The summed E-state index contributed by atoms with van der Waals surface area (Å²) >= 11 is 0.